The van der Waals surface area contributed by atoms with Crippen LogP contribution in [0.4, 0.5) is 17.5 Å². The van der Waals surface area contributed by atoms with Crippen molar-refractivity contribution in [3.8, 4) is 40.4 Å². The topological polar surface area (TPSA) is 189 Å². The van der Waals surface area contributed by atoms with Gasteiger partial charge in [-0.25, -0.2) is 29.9 Å². The van der Waals surface area contributed by atoms with E-state index in [0.29, 0.717) is 47.6 Å². The van der Waals surface area contributed by atoms with Gasteiger partial charge in [0.15, 0.2) is 11.5 Å². The van der Waals surface area contributed by atoms with Gasteiger partial charge in [0.2, 0.25) is 22.9 Å². The molecule has 0 bridgehead atoms. The van der Waals surface area contributed by atoms with E-state index in [1.807, 2.05) is 30.6 Å². The van der Waals surface area contributed by atoms with Gasteiger partial charge in [0, 0.05) is 75.8 Å². The van der Waals surface area contributed by atoms with Crippen molar-refractivity contribution in [2.75, 3.05) is 108 Å². The number of aromatic hydroxyl groups is 1. The number of nitrogens with zero attached hydrogens (tertiary/aromatic N) is 13. The van der Waals surface area contributed by atoms with Gasteiger partial charge >= 0.3 is 0 Å². The average molecular weight is 893 g/mol. The molecule has 9 rings (SSSR count). The van der Waals surface area contributed by atoms with Gasteiger partial charge in [-0.1, -0.05) is 0 Å². The van der Waals surface area contributed by atoms with E-state index in [2.05, 4.69) is 70.5 Å². The third-order valence-electron chi connectivity index (χ3n) is 9.24. The van der Waals surface area contributed by atoms with Gasteiger partial charge in [-0.2, -0.15) is 9.97 Å². The van der Waals surface area contributed by atoms with Crippen LogP contribution in [-0.2, 0) is 14.2 Å². The van der Waals surface area contributed by atoms with E-state index < -0.39 is 0 Å². The number of aromatic nitrogens is 10. The van der Waals surface area contributed by atoms with Crippen molar-refractivity contribution in [3.05, 3.63) is 83.9 Å². The van der Waals surface area contributed by atoms with Gasteiger partial charge in [0.25, 0.3) is 0 Å². The van der Waals surface area contributed by atoms with Crippen LogP contribution in [0.25, 0.3) is 23.2 Å². The van der Waals surface area contributed by atoms with E-state index in [9.17, 15) is 5.11 Å². The zero-order valence-electron chi connectivity index (χ0n) is 32.5. The first kappa shape index (κ1) is 41.5. The van der Waals surface area contributed by atoms with E-state index in [1.54, 1.807) is 52.5 Å². The van der Waals surface area contributed by atoms with Crippen LogP contribution >= 0.6 is 27.5 Å². The first-order chi connectivity index (χ1) is 28.9. The SMILES string of the molecule is Brc1cn(-c2nccc(N3CCOCC3)n2)cn1.COc1cc(-c2cn(-c3nccc(N4CCOCC4)n3)cn2)cc(OC)c1O.Clc1nccc(N2CCOCC2)n1. The van der Waals surface area contributed by atoms with Gasteiger partial charge < -0.3 is 43.5 Å². The second kappa shape index (κ2) is 20.3. The molecular weight excluding hydrogens is 850 g/mol. The van der Waals surface area contributed by atoms with Crippen molar-refractivity contribution in [3.63, 3.8) is 0 Å². The number of halogens is 2. The summed E-state index contributed by atoms with van der Waals surface area (Å²) >= 11 is 8.99. The van der Waals surface area contributed by atoms with Crippen LogP contribution in [0.1, 0.15) is 0 Å². The molecule has 1 N–H and O–H groups in total. The van der Waals surface area contributed by atoms with Crippen molar-refractivity contribution in [1.82, 2.24) is 49.0 Å². The van der Waals surface area contributed by atoms with Crippen LogP contribution in [0.2, 0.25) is 5.28 Å². The van der Waals surface area contributed by atoms with Crippen LogP contribution in [-0.4, -0.2) is 147 Å². The Bertz CT molecular complexity index is 2240. The number of rotatable bonds is 8. The molecule has 0 spiro atoms. The third-order valence-corrected chi connectivity index (χ3v) is 9.84. The molecule has 6 aromatic rings. The summed E-state index contributed by atoms with van der Waals surface area (Å²) in [5.41, 5.74) is 1.42. The van der Waals surface area contributed by atoms with Crippen molar-refractivity contribution in [1.29, 1.82) is 0 Å². The van der Waals surface area contributed by atoms with Crippen LogP contribution in [0.3, 0.4) is 0 Å². The normalized spacial score (nSPS) is 15.4. The smallest absolute Gasteiger partial charge is 0.236 e. The van der Waals surface area contributed by atoms with Crippen LogP contribution in [0.5, 0.6) is 17.2 Å². The fraction of sp³-hybridized carbons (Fsp3) is 0.368. The number of ether oxygens (including phenoxy) is 5. The summed E-state index contributed by atoms with van der Waals surface area (Å²) in [6.07, 6.45) is 12.2. The molecule has 8 heterocycles. The van der Waals surface area contributed by atoms with E-state index in [4.69, 9.17) is 35.3 Å². The Labute approximate surface area is 353 Å². The molecule has 310 valence electrons. The molecule has 1 aromatic carbocycles. The fourth-order valence-corrected chi connectivity index (χ4v) is 6.64. The Morgan fingerprint density at radius 2 is 1.05 bits per heavy atom. The van der Waals surface area contributed by atoms with Crippen LogP contribution < -0.4 is 24.2 Å². The highest BCUT2D eigenvalue weighted by Gasteiger charge is 2.18. The maximum Gasteiger partial charge on any atom is 0.236 e. The zero-order chi connectivity index (χ0) is 41.0. The molecule has 19 nitrogen and oxygen atoms in total. The lowest BCUT2D eigenvalue weighted by molar-refractivity contribution is 0.122. The summed E-state index contributed by atoms with van der Waals surface area (Å²) in [7, 11) is 2.98. The molecule has 0 radical (unpaired) electrons. The second-order valence-corrected chi connectivity index (χ2v) is 14.1. The van der Waals surface area contributed by atoms with Crippen molar-refractivity contribution >= 4 is 45.0 Å². The van der Waals surface area contributed by atoms with Gasteiger partial charge in [-0.3, -0.25) is 9.13 Å². The van der Waals surface area contributed by atoms with E-state index in [1.165, 1.54) is 14.2 Å². The molecule has 3 aliphatic rings. The third kappa shape index (κ3) is 10.9. The molecule has 0 aliphatic carbocycles. The minimum absolute atomic E-state index is 0.0465. The van der Waals surface area contributed by atoms with E-state index >= 15 is 0 Å². The van der Waals surface area contributed by atoms with Gasteiger partial charge in [-0.15, -0.1) is 0 Å². The molecule has 3 saturated heterocycles. The minimum atomic E-state index is -0.0465. The van der Waals surface area contributed by atoms with Gasteiger partial charge in [0.05, 0.1) is 59.6 Å². The lowest BCUT2D eigenvalue weighted by Crippen LogP contribution is -2.36. The highest BCUT2D eigenvalue weighted by atomic mass is 79.9. The van der Waals surface area contributed by atoms with Gasteiger partial charge in [0.1, 0.15) is 34.7 Å². The number of anilines is 3. The van der Waals surface area contributed by atoms with Gasteiger partial charge in [-0.05, 0) is 57.9 Å². The summed E-state index contributed by atoms with van der Waals surface area (Å²) in [5.74, 6) is 4.39. The molecule has 3 fully saturated rings. The Balaban J connectivity index is 0.000000146. The number of imidazole rings is 2. The lowest BCUT2D eigenvalue weighted by Gasteiger charge is -2.27. The Hall–Kier alpha value is -5.67. The molecule has 59 heavy (non-hydrogen) atoms. The summed E-state index contributed by atoms with van der Waals surface area (Å²) in [4.78, 5) is 40.8. The molecule has 5 aromatic heterocycles. The minimum Gasteiger partial charge on any atom is -0.502 e. The van der Waals surface area contributed by atoms with Crippen molar-refractivity contribution in [2.24, 2.45) is 0 Å². The van der Waals surface area contributed by atoms with Crippen molar-refractivity contribution < 1.29 is 28.8 Å². The first-order valence-electron chi connectivity index (χ1n) is 18.7. The molecular formula is C38H43BrClN13O6. The highest BCUT2D eigenvalue weighted by molar-refractivity contribution is 9.10. The average Bonchev–Trinajstić information content (AvgIpc) is 3.98. The molecule has 0 unspecified atom stereocenters. The number of phenols is 1. The predicted molar refractivity (Wildman–Crippen MR) is 222 cm³/mol. The number of hydrogen-bond donors (Lipinski definition) is 1. The second-order valence-electron chi connectivity index (χ2n) is 12.9. The summed E-state index contributed by atoms with van der Waals surface area (Å²) < 4.78 is 30.7. The molecule has 21 heteroatoms. The Morgan fingerprint density at radius 1 is 0.610 bits per heavy atom. The van der Waals surface area contributed by atoms with Crippen LogP contribution in [0, 0.1) is 0 Å². The van der Waals surface area contributed by atoms with Crippen molar-refractivity contribution in [2.45, 2.75) is 0 Å². The molecule has 0 atom stereocenters. The fourth-order valence-electron chi connectivity index (χ4n) is 6.19. The predicted octanol–water partition coefficient (Wildman–Crippen LogP) is 4.12. The van der Waals surface area contributed by atoms with E-state index in [-0.39, 0.29) is 5.75 Å². The lowest BCUT2D eigenvalue weighted by atomic mass is 10.1. The summed E-state index contributed by atoms with van der Waals surface area (Å²) in [5, 5.41) is 10.4. The maximum atomic E-state index is 10.1. The first-order valence-corrected chi connectivity index (χ1v) is 19.9. The Morgan fingerprint density at radius 3 is 1.49 bits per heavy atom. The van der Waals surface area contributed by atoms with E-state index in [0.717, 1.165) is 93.3 Å². The number of morpholine rings is 3. The number of benzene rings is 1. The monoisotopic (exact) mass is 891 g/mol. The van der Waals surface area contributed by atoms with Crippen LogP contribution in [0.15, 0.2) is 78.6 Å². The largest absolute Gasteiger partial charge is 0.502 e. The Kier molecular flexibility index (Phi) is 14.3. The zero-order valence-corrected chi connectivity index (χ0v) is 34.8. The number of hydrogen-bond acceptors (Lipinski definition) is 17. The standard InChI is InChI=1S/C19H21N5O4.C11H12BrN5O.C8H10ClN3O/c1-26-15-9-13(10-16(27-2)18(15)25)14-11-24(12-21-14)19-20-4-3-17(22-19)23-5-7-28-8-6-23;12-9-7-17(8-14-9)11-13-2-1-10(15-11)16-3-5-18-6-4-16;9-8-10-2-1-7(11-8)12-3-5-13-6-4-12/h3-4,9-12,25H,5-8H2,1-2H3;1-2,7-8H,3-6H2;1-2H,3-6H2. The quantitative estimate of drug-likeness (QED) is 0.215. The molecule has 0 saturated carbocycles. The number of methoxy groups -OCH3 is 2. The highest BCUT2D eigenvalue weighted by Crippen LogP contribution is 2.40. The summed E-state index contributed by atoms with van der Waals surface area (Å²) in [6, 6.07) is 9.07. The molecule has 0 amide bonds. The number of phenolic OH excluding ortho intramolecular Hbond substituents is 1. The molecule has 3 aliphatic heterocycles. The maximum absolute atomic E-state index is 10.1. The summed E-state index contributed by atoms with van der Waals surface area (Å²) in [6.45, 7) is 9.46.